The zero-order valence-corrected chi connectivity index (χ0v) is 30.9. The molecule has 2 aliphatic heterocycles. The third-order valence-corrected chi connectivity index (χ3v) is 9.91. The Morgan fingerprint density at radius 2 is 1.47 bits per heavy atom. The summed E-state index contributed by atoms with van der Waals surface area (Å²) in [6.07, 6.45) is 0.111. The van der Waals surface area contributed by atoms with E-state index in [1.165, 1.54) is 0 Å². The van der Waals surface area contributed by atoms with Gasteiger partial charge in [0.05, 0.1) is 18.8 Å². The molecule has 0 spiro atoms. The van der Waals surface area contributed by atoms with Gasteiger partial charge in [-0.1, -0.05) is 73.7 Å². The number of amides is 1. The Morgan fingerprint density at radius 3 is 2.11 bits per heavy atom. The van der Waals surface area contributed by atoms with Crippen molar-refractivity contribution in [1.29, 1.82) is 0 Å². The van der Waals surface area contributed by atoms with Crippen LogP contribution >= 0.6 is 0 Å². The first-order valence-electron chi connectivity index (χ1n) is 18.1. The van der Waals surface area contributed by atoms with Gasteiger partial charge in [0.15, 0.2) is 29.6 Å². The summed E-state index contributed by atoms with van der Waals surface area (Å²) < 4.78 is 88.1. The Balaban J connectivity index is 1.19. The van der Waals surface area contributed by atoms with Crippen LogP contribution in [0.15, 0.2) is 72.8 Å². The fourth-order valence-electron chi connectivity index (χ4n) is 7.01. The van der Waals surface area contributed by atoms with Crippen molar-refractivity contribution in [2.24, 2.45) is 5.92 Å². The fourth-order valence-corrected chi connectivity index (χ4v) is 7.01. The number of hydrogen-bond donors (Lipinski definition) is 2. The SMILES string of the molecule is C[C@@H]1[C@H](CN2CCC[C@H]2C(=O)OC(C)(C)C)O[C@H](c2ccc(-c3cccc(CNC(=O)c4c(F)c(F)c(F)c(F)c4F)c3)cc2)O[C@@H]1c1ccc(CO)cc1. The molecular weight excluding hydrogens is 723 g/mol. The number of aliphatic hydroxyl groups is 1. The van der Waals surface area contributed by atoms with Gasteiger partial charge in [-0.25, -0.2) is 22.0 Å². The molecule has 2 heterocycles. The molecule has 2 fully saturated rings. The lowest BCUT2D eigenvalue weighted by molar-refractivity contribution is -0.276. The summed E-state index contributed by atoms with van der Waals surface area (Å²) in [5.74, 6) is -13.0. The molecule has 0 radical (unpaired) electrons. The van der Waals surface area contributed by atoms with E-state index in [0.29, 0.717) is 18.5 Å². The number of aliphatic hydroxyl groups excluding tert-OH is 1. The average Bonchev–Trinajstić information content (AvgIpc) is 3.64. The van der Waals surface area contributed by atoms with Gasteiger partial charge < -0.3 is 24.6 Å². The van der Waals surface area contributed by atoms with E-state index >= 15 is 0 Å². The maximum atomic E-state index is 14.2. The highest BCUT2D eigenvalue weighted by atomic mass is 19.2. The van der Waals surface area contributed by atoms with E-state index in [9.17, 15) is 36.6 Å². The molecule has 0 saturated carbocycles. The van der Waals surface area contributed by atoms with Gasteiger partial charge in [-0.05, 0) is 74.0 Å². The summed E-state index contributed by atoms with van der Waals surface area (Å²) in [5, 5.41) is 11.8. The lowest BCUT2D eigenvalue weighted by Gasteiger charge is -2.43. The monoisotopic (exact) mass is 766 g/mol. The molecule has 8 nitrogen and oxygen atoms in total. The lowest BCUT2D eigenvalue weighted by atomic mass is 9.89. The first-order chi connectivity index (χ1) is 26.1. The summed E-state index contributed by atoms with van der Waals surface area (Å²) in [4.78, 5) is 27.8. The Hall–Kier alpha value is -4.69. The quantitative estimate of drug-likeness (QED) is 0.0730. The average molecular weight is 767 g/mol. The zero-order chi connectivity index (χ0) is 39.6. The van der Waals surface area contributed by atoms with Crippen molar-refractivity contribution in [3.63, 3.8) is 0 Å². The molecule has 0 unspecified atom stereocenters. The van der Waals surface area contributed by atoms with Crippen LogP contribution in [0, 0.1) is 35.0 Å². The highest BCUT2D eigenvalue weighted by Crippen LogP contribution is 2.43. The van der Waals surface area contributed by atoms with Crippen LogP contribution in [0.4, 0.5) is 22.0 Å². The predicted molar refractivity (Wildman–Crippen MR) is 193 cm³/mol. The van der Waals surface area contributed by atoms with Crippen molar-refractivity contribution < 1.29 is 50.9 Å². The standard InChI is InChI=1S/C42H43F5N2O6/c1-23-31(21-49-18-6-9-30(49)40(52)55-42(2,3)4)53-41(54-38(23)27-12-10-24(22-50)11-13-27)28-16-14-26(15-17-28)29-8-5-7-25(19-29)20-48-39(51)32-33(43)35(45)37(47)36(46)34(32)44/h5,7-8,10-17,19,23,30-31,38,41,50H,6,9,18,20-22H2,1-4H3,(H,48,51)/t23-,30+,31+,38+,41+/m1/s1. The van der Waals surface area contributed by atoms with Gasteiger partial charge in [0, 0.05) is 24.6 Å². The van der Waals surface area contributed by atoms with E-state index in [2.05, 4.69) is 17.1 Å². The van der Waals surface area contributed by atoms with Crippen molar-refractivity contribution in [2.75, 3.05) is 13.1 Å². The third-order valence-electron chi connectivity index (χ3n) is 9.91. The molecule has 13 heteroatoms. The van der Waals surface area contributed by atoms with Gasteiger partial charge in [0.2, 0.25) is 5.82 Å². The first-order valence-corrected chi connectivity index (χ1v) is 18.1. The molecule has 2 aliphatic rings. The molecule has 4 aromatic rings. The number of hydrogen-bond acceptors (Lipinski definition) is 7. The van der Waals surface area contributed by atoms with Crippen LogP contribution in [0.2, 0.25) is 0 Å². The molecule has 292 valence electrons. The second kappa shape index (κ2) is 16.6. The number of likely N-dealkylation sites (tertiary alicyclic amines) is 1. The summed E-state index contributed by atoms with van der Waals surface area (Å²) >= 11 is 0. The van der Waals surface area contributed by atoms with Crippen LogP contribution in [0.3, 0.4) is 0 Å². The van der Waals surface area contributed by atoms with E-state index in [0.717, 1.165) is 40.8 Å². The molecule has 2 saturated heterocycles. The number of carbonyl (C=O) groups is 2. The maximum Gasteiger partial charge on any atom is 0.323 e. The molecule has 6 rings (SSSR count). The van der Waals surface area contributed by atoms with Gasteiger partial charge >= 0.3 is 5.97 Å². The van der Waals surface area contributed by atoms with Crippen molar-refractivity contribution in [3.05, 3.63) is 130 Å². The Labute approximate surface area is 316 Å². The van der Waals surface area contributed by atoms with Crippen molar-refractivity contribution >= 4 is 11.9 Å². The zero-order valence-electron chi connectivity index (χ0n) is 30.9. The van der Waals surface area contributed by atoms with Crippen molar-refractivity contribution in [2.45, 2.75) is 83.8 Å². The largest absolute Gasteiger partial charge is 0.459 e. The van der Waals surface area contributed by atoms with Crippen LogP contribution < -0.4 is 5.32 Å². The molecule has 4 aromatic carbocycles. The molecule has 0 aromatic heterocycles. The number of ether oxygens (including phenoxy) is 3. The summed E-state index contributed by atoms with van der Waals surface area (Å²) in [7, 11) is 0. The molecule has 5 atom stereocenters. The van der Waals surface area contributed by atoms with Gasteiger partial charge in [0.1, 0.15) is 17.2 Å². The van der Waals surface area contributed by atoms with E-state index in [4.69, 9.17) is 14.2 Å². The second-order valence-electron chi connectivity index (χ2n) is 15.0. The van der Waals surface area contributed by atoms with Crippen LogP contribution in [0.5, 0.6) is 0 Å². The Kier molecular flexibility index (Phi) is 12.1. The molecule has 55 heavy (non-hydrogen) atoms. The number of rotatable bonds is 10. The van der Waals surface area contributed by atoms with Gasteiger partial charge in [-0.2, -0.15) is 0 Å². The van der Waals surface area contributed by atoms with Gasteiger partial charge in [-0.15, -0.1) is 0 Å². The van der Waals surface area contributed by atoms with E-state index in [1.807, 2.05) is 75.4 Å². The summed E-state index contributed by atoms with van der Waals surface area (Å²) in [5.41, 5.74) is 2.31. The highest BCUT2D eigenvalue weighted by molar-refractivity contribution is 5.94. The maximum absolute atomic E-state index is 14.2. The van der Waals surface area contributed by atoms with Gasteiger partial charge in [0.25, 0.3) is 5.91 Å². The molecule has 1 amide bonds. The van der Waals surface area contributed by atoms with Gasteiger partial charge in [-0.3, -0.25) is 14.5 Å². The first kappa shape index (κ1) is 40.0. The van der Waals surface area contributed by atoms with Crippen LogP contribution in [0.25, 0.3) is 11.1 Å². The van der Waals surface area contributed by atoms with Crippen molar-refractivity contribution in [3.8, 4) is 11.1 Å². The molecule has 2 N–H and O–H groups in total. The minimum Gasteiger partial charge on any atom is -0.459 e. The fraction of sp³-hybridized carbons (Fsp3) is 0.381. The second-order valence-corrected chi connectivity index (χ2v) is 15.0. The Bertz CT molecular complexity index is 1990. The third kappa shape index (κ3) is 8.91. The van der Waals surface area contributed by atoms with Crippen molar-refractivity contribution in [1.82, 2.24) is 10.2 Å². The summed E-state index contributed by atoms with van der Waals surface area (Å²) in [6.45, 7) is 8.50. The number of halogens is 5. The minimum absolute atomic E-state index is 0.0843. The predicted octanol–water partition coefficient (Wildman–Crippen LogP) is 8.07. The number of esters is 1. The minimum atomic E-state index is -2.34. The topological polar surface area (TPSA) is 97.3 Å². The smallest absolute Gasteiger partial charge is 0.323 e. The number of nitrogens with one attached hydrogen (secondary N) is 1. The molecular formula is C42H43F5N2O6. The normalized spacial score (nSPS) is 21.7. The molecule has 0 aliphatic carbocycles. The lowest BCUT2D eigenvalue weighted by Crippen LogP contribution is -2.48. The highest BCUT2D eigenvalue weighted by Gasteiger charge is 2.42. The summed E-state index contributed by atoms with van der Waals surface area (Å²) in [6, 6.07) is 21.6. The van der Waals surface area contributed by atoms with E-state index in [1.54, 1.807) is 18.2 Å². The van der Waals surface area contributed by atoms with E-state index in [-0.39, 0.29) is 43.3 Å². The number of nitrogens with zero attached hydrogens (tertiary/aromatic N) is 1. The van der Waals surface area contributed by atoms with E-state index < -0.39 is 52.4 Å². The molecule has 0 bridgehead atoms. The van der Waals surface area contributed by atoms with Crippen LogP contribution in [-0.4, -0.2) is 52.7 Å². The van der Waals surface area contributed by atoms with Crippen LogP contribution in [-0.2, 0) is 32.2 Å². The number of carbonyl (C=O) groups excluding carboxylic acids is 2. The van der Waals surface area contributed by atoms with Crippen LogP contribution in [0.1, 0.15) is 85.5 Å². The number of benzene rings is 4. The Morgan fingerprint density at radius 1 is 0.836 bits per heavy atom.